The first-order valence-corrected chi connectivity index (χ1v) is 19.8. The lowest BCUT2D eigenvalue weighted by Gasteiger charge is -2.31. The maximum Gasteiger partial charge on any atom is 0.438 e. The Kier molecular flexibility index (Phi) is 8.48. The van der Waals surface area contributed by atoms with Crippen molar-refractivity contribution in [1.82, 2.24) is 29.2 Å². The number of anilines is 2. The molecule has 0 radical (unpaired) electrons. The molecule has 15 heteroatoms. The molecule has 0 spiro atoms. The van der Waals surface area contributed by atoms with Crippen molar-refractivity contribution in [2.45, 2.75) is 64.0 Å². The number of urea groups is 1. The number of hydrogen-bond donors (Lipinski definition) is 1. The summed E-state index contributed by atoms with van der Waals surface area (Å²) in [5, 5.41) is 4.97. The number of halogens is 1. The molecule has 296 valence electrons. The molecule has 3 fully saturated rings. The van der Waals surface area contributed by atoms with E-state index in [1.54, 1.807) is 35.8 Å². The molecule has 14 nitrogen and oxygen atoms in total. The Morgan fingerprint density at radius 1 is 0.897 bits per heavy atom. The summed E-state index contributed by atoms with van der Waals surface area (Å²) in [4.78, 5) is 68.4. The number of benzene rings is 3. The number of carbonyl (C=O) groups is 2. The van der Waals surface area contributed by atoms with Gasteiger partial charge in [0.05, 0.1) is 17.9 Å². The second kappa shape index (κ2) is 13.6. The van der Waals surface area contributed by atoms with Gasteiger partial charge in [-0.05, 0) is 111 Å². The van der Waals surface area contributed by atoms with Crippen molar-refractivity contribution in [3.05, 3.63) is 133 Å². The summed E-state index contributed by atoms with van der Waals surface area (Å²) in [7, 11) is 0. The van der Waals surface area contributed by atoms with Crippen LogP contribution in [0.4, 0.5) is 20.8 Å². The van der Waals surface area contributed by atoms with Crippen LogP contribution in [0.5, 0.6) is 0 Å². The predicted molar refractivity (Wildman–Crippen MR) is 212 cm³/mol. The minimum Gasteiger partial charge on any atom is -0.381 e. The van der Waals surface area contributed by atoms with E-state index in [4.69, 9.17) is 14.2 Å². The van der Waals surface area contributed by atoms with Crippen LogP contribution in [0.15, 0.2) is 80.8 Å². The molecule has 0 atom stereocenters. The molecule has 1 saturated carbocycles. The van der Waals surface area contributed by atoms with Gasteiger partial charge in [0.25, 0.3) is 11.5 Å². The number of amides is 3. The Morgan fingerprint density at radius 3 is 2.34 bits per heavy atom. The summed E-state index contributed by atoms with van der Waals surface area (Å²) in [5.74, 6) is -0.493. The molecule has 10 rings (SSSR count). The van der Waals surface area contributed by atoms with Gasteiger partial charge in [-0.25, -0.2) is 23.5 Å². The number of carbonyl (C=O) groups excluding carboxylic acids is 2. The maximum absolute atomic E-state index is 14.9. The van der Waals surface area contributed by atoms with Crippen LogP contribution < -0.4 is 21.1 Å². The van der Waals surface area contributed by atoms with E-state index in [1.165, 1.54) is 15.0 Å². The molecule has 6 aromatic rings. The maximum atomic E-state index is 14.9. The average molecular weight is 785 g/mol. The van der Waals surface area contributed by atoms with Gasteiger partial charge in [0, 0.05) is 55.0 Å². The molecule has 1 aliphatic carbocycles. The number of aromatic amines is 1. The van der Waals surface area contributed by atoms with Crippen LogP contribution in [-0.2, 0) is 23.2 Å². The van der Waals surface area contributed by atoms with Crippen LogP contribution in [-0.4, -0.2) is 73.9 Å². The van der Waals surface area contributed by atoms with Crippen molar-refractivity contribution >= 4 is 34.5 Å². The van der Waals surface area contributed by atoms with E-state index in [1.807, 2.05) is 47.0 Å². The topological polar surface area (TPSA) is 152 Å². The normalized spacial score (nSPS) is 18.0. The summed E-state index contributed by atoms with van der Waals surface area (Å²) >= 11 is 0. The molecule has 6 heterocycles. The Hall–Kier alpha value is -6.35. The molecule has 0 bridgehead atoms. The van der Waals surface area contributed by atoms with Crippen LogP contribution in [0.25, 0.3) is 16.6 Å². The summed E-state index contributed by atoms with van der Waals surface area (Å²) in [6.45, 7) is 5.55. The molecule has 2 saturated heterocycles. The molecule has 3 aromatic heterocycles. The van der Waals surface area contributed by atoms with Crippen molar-refractivity contribution in [3.8, 4) is 5.69 Å². The molecular weight excluding hydrogens is 744 g/mol. The zero-order valence-corrected chi connectivity index (χ0v) is 32.2. The van der Waals surface area contributed by atoms with Gasteiger partial charge in [-0.1, -0.05) is 29.4 Å². The van der Waals surface area contributed by atoms with Crippen LogP contribution in [0, 0.1) is 19.7 Å². The van der Waals surface area contributed by atoms with E-state index < -0.39 is 11.3 Å². The highest BCUT2D eigenvalue weighted by Crippen LogP contribution is 2.51. The minimum atomic E-state index is -0.780. The average Bonchev–Trinajstić information content (AvgIpc) is 3.52. The lowest BCUT2D eigenvalue weighted by atomic mass is 9.91. The number of para-hydroxylation sites is 1. The first kappa shape index (κ1) is 36.0. The van der Waals surface area contributed by atoms with Crippen molar-refractivity contribution < 1.29 is 23.2 Å². The quantitative estimate of drug-likeness (QED) is 0.217. The fourth-order valence-electron chi connectivity index (χ4n) is 9.10. The summed E-state index contributed by atoms with van der Waals surface area (Å²) < 4.78 is 28.9. The standard InChI is InChI=1S/C43H41FN8O6/c1-25-20-31(21-26(2)36(25)44)51-37(53)32-10-15-48(24-33(32)45-40(51)50-17-16-49(42(50)56)30-6-4-3-5-7-30)38(54)35-23-29-22-28(27-11-18-57-19-12-27)8-9-34(29)52(35)43(13-14-43)39-46-41(55)58-47-39/h3-9,20-23,27H,10-19,24H2,1-2H3,(H,46,47,55). The third kappa shape index (κ3) is 5.77. The lowest BCUT2D eigenvalue weighted by Crippen LogP contribution is -2.43. The number of fused-ring (bicyclic) bond motifs is 2. The number of aryl methyl sites for hydroxylation is 2. The SMILES string of the molecule is Cc1cc(-n2c(N3CCN(c4ccccc4)C3=O)nc3c(c2=O)CCN(C(=O)c2cc4cc(C5CCOCC5)ccc4n2C2(c4noc(=O)[nH]4)CC2)C3)cc(C)c1F. The van der Waals surface area contributed by atoms with Crippen molar-refractivity contribution in [2.24, 2.45) is 0 Å². The van der Waals surface area contributed by atoms with Gasteiger partial charge in [-0.3, -0.25) is 28.9 Å². The largest absolute Gasteiger partial charge is 0.438 e. The third-order valence-corrected chi connectivity index (χ3v) is 12.3. The number of H-pyrrole nitrogens is 1. The van der Waals surface area contributed by atoms with E-state index in [-0.39, 0.29) is 55.3 Å². The van der Waals surface area contributed by atoms with E-state index in [0.717, 1.165) is 23.7 Å². The highest BCUT2D eigenvalue weighted by molar-refractivity contribution is 6.05. The third-order valence-electron chi connectivity index (χ3n) is 12.3. The van der Waals surface area contributed by atoms with Gasteiger partial charge in [0.1, 0.15) is 17.1 Å². The summed E-state index contributed by atoms with van der Waals surface area (Å²) in [6, 6.07) is 20.3. The molecule has 3 amide bonds. The van der Waals surface area contributed by atoms with Gasteiger partial charge < -0.3 is 14.2 Å². The number of ether oxygens (including phenoxy) is 1. The first-order chi connectivity index (χ1) is 28.1. The van der Waals surface area contributed by atoms with Gasteiger partial charge in [-0.15, -0.1) is 0 Å². The molecular formula is C43H41FN8O6. The minimum absolute atomic E-state index is 0.0196. The zero-order chi connectivity index (χ0) is 39.9. The first-order valence-electron chi connectivity index (χ1n) is 19.8. The van der Waals surface area contributed by atoms with E-state index in [0.29, 0.717) is 83.8 Å². The van der Waals surface area contributed by atoms with Gasteiger partial charge in [-0.2, -0.15) is 0 Å². The Labute approximate surface area is 331 Å². The number of aromatic nitrogens is 5. The monoisotopic (exact) mass is 784 g/mol. The number of nitrogens with zero attached hydrogens (tertiary/aromatic N) is 7. The van der Waals surface area contributed by atoms with E-state index >= 15 is 0 Å². The van der Waals surface area contributed by atoms with Crippen molar-refractivity contribution in [3.63, 3.8) is 0 Å². The van der Waals surface area contributed by atoms with Gasteiger partial charge in [0.15, 0.2) is 5.82 Å². The smallest absolute Gasteiger partial charge is 0.381 e. The highest BCUT2D eigenvalue weighted by Gasteiger charge is 2.52. The Balaban J connectivity index is 1.06. The lowest BCUT2D eigenvalue weighted by molar-refractivity contribution is 0.0718. The molecule has 58 heavy (non-hydrogen) atoms. The summed E-state index contributed by atoms with van der Waals surface area (Å²) in [6.07, 6.45) is 3.33. The van der Waals surface area contributed by atoms with Gasteiger partial charge >= 0.3 is 11.8 Å². The second-order valence-electron chi connectivity index (χ2n) is 15.8. The Bertz CT molecular complexity index is 2740. The molecule has 3 aromatic carbocycles. The van der Waals surface area contributed by atoms with Crippen LogP contribution in [0.1, 0.15) is 75.9 Å². The summed E-state index contributed by atoms with van der Waals surface area (Å²) in [5.41, 5.74) is 3.95. The molecule has 3 aliphatic heterocycles. The molecule has 1 N–H and O–H groups in total. The van der Waals surface area contributed by atoms with Crippen LogP contribution in [0.2, 0.25) is 0 Å². The number of rotatable bonds is 7. The predicted octanol–water partition coefficient (Wildman–Crippen LogP) is 5.70. The fourth-order valence-corrected chi connectivity index (χ4v) is 9.10. The fraction of sp³-hybridized carbons (Fsp3) is 0.349. The van der Waals surface area contributed by atoms with Gasteiger partial charge in [0.2, 0.25) is 5.95 Å². The van der Waals surface area contributed by atoms with Crippen LogP contribution in [0.3, 0.4) is 0 Å². The molecule has 4 aliphatic rings. The highest BCUT2D eigenvalue weighted by atomic mass is 19.1. The Morgan fingerprint density at radius 2 is 1.64 bits per heavy atom. The zero-order valence-electron chi connectivity index (χ0n) is 32.2. The van der Waals surface area contributed by atoms with Crippen molar-refractivity contribution in [2.75, 3.05) is 42.6 Å². The number of nitrogens with one attached hydrogen (secondary N) is 1. The number of hydrogen-bond acceptors (Lipinski definition) is 8. The second-order valence-corrected chi connectivity index (χ2v) is 15.8. The van der Waals surface area contributed by atoms with E-state index in [9.17, 15) is 23.6 Å². The molecule has 0 unspecified atom stereocenters. The van der Waals surface area contributed by atoms with E-state index in [2.05, 4.69) is 22.3 Å². The van der Waals surface area contributed by atoms with Crippen LogP contribution >= 0.6 is 0 Å². The van der Waals surface area contributed by atoms with Crippen molar-refractivity contribution in [1.29, 1.82) is 0 Å².